The van der Waals surface area contributed by atoms with E-state index in [-0.39, 0.29) is 0 Å². The van der Waals surface area contributed by atoms with E-state index in [1.165, 1.54) is 0 Å². The van der Waals surface area contributed by atoms with Gasteiger partial charge in [-0.25, -0.2) is 0 Å². The fourth-order valence-corrected chi connectivity index (χ4v) is 2.38. The van der Waals surface area contributed by atoms with Crippen LogP contribution in [0.4, 0.5) is 0 Å². The Morgan fingerprint density at radius 3 is 2.81 bits per heavy atom. The molecular formula is C12H9BrO3. The van der Waals surface area contributed by atoms with Gasteiger partial charge in [-0.1, -0.05) is 0 Å². The van der Waals surface area contributed by atoms with Crippen molar-refractivity contribution in [3.63, 3.8) is 0 Å². The molecule has 0 amide bonds. The minimum Gasteiger partial charge on any atom is -0.476 e. The second-order valence-corrected chi connectivity index (χ2v) is 4.84. The summed E-state index contributed by atoms with van der Waals surface area (Å²) in [5.74, 6) is 1.51. The van der Waals surface area contributed by atoms with Crippen LogP contribution in [0.5, 0.6) is 0 Å². The van der Waals surface area contributed by atoms with Crippen molar-refractivity contribution >= 4 is 15.9 Å². The van der Waals surface area contributed by atoms with Crippen LogP contribution in [0.15, 0.2) is 51.9 Å². The second kappa shape index (κ2) is 3.56. The lowest BCUT2D eigenvalue weighted by atomic mass is 10.1. The van der Waals surface area contributed by atoms with Crippen LogP contribution in [-0.4, -0.2) is 0 Å². The molecule has 3 nitrogen and oxygen atoms in total. The van der Waals surface area contributed by atoms with Gasteiger partial charge in [-0.05, 0) is 40.2 Å². The molecule has 0 bridgehead atoms. The Morgan fingerprint density at radius 1 is 1.19 bits per heavy atom. The maximum Gasteiger partial charge on any atom is 0.223 e. The molecule has 0 aromatic carbocycles. The van der Waals surface area contributed by atoms with Crippen molar-refractivity contribution in [3.05, 3.63) is 48.8 Å². The van der Waals surface area contributed by atoms with E-state index in [0.717, 1.165) is 23.5 Å². The molecular weight excluding hydrogens is 272 g/mol. The zero-order valence-corrected chi connectivity index (χ0v) is 9.94. The zero-order chi connectivity index (χ0) is 11.0. The smallest absolute Gasteiger partial charge is 0.223 e. The van der Waals surface area contributed by atoms with E-state index >= 15 is 0 Å². The number of rotatable bonds is 2. The molecule has 0 radical (unpaired) electrons. The highest BCUT2D eigenvalue weighted by atomic mass is 79.9. The fraction of sp³-hybridized carbons (Fsp3) is 0.167. The fourth-order valence-electron chi connectivity index (χ4n) is 1.77. The van der Waals surface area contributed by atoms with Crippen molar-refractivity contribution in [2.24, 2.45) is 0 Å². The molecule has 0 saturated carbocycles. The van der Waals surface area contributed by atoms with Gasteiger partial charge in [0.15, 0.2) is 5.76 Å². The maximum absolute atomic E-state index is 5.52. The molecule has 2 aromatic heterocycles. The van der Waals surface area contributed by atoms with Crippen LogP contribution in [0.25, 0.3) is 11.3 Å². The van der Waals surface area contributed by atoms with Crippen LogP contribution >= 0.6 is 15.9 Å². The first-order valence-corrected chi connectivity index (χ1v) is 5.72. The van der Waals surface area contributed by atoms with Gasteiger partial charge in [-0.3, -0.25) is 0 Å². The lowest BCUT2D eigenvalue weighted by Gasteiger charge is -2.19. The average molecular weight is 281 g/mol. The van der Waals surface area contributed by atoms with Gasteiger partial charge in [-0.15, -0.1) is 0 Å². The number of hydrogen-bond donors (Lipinski definition) is 0. The molecule has 1 atom stereocenters. The van der Waals surface area contributed by atoms with E-state index in [1.54, 1.807) is 18.8 Å². The van der Waals surface area contributed by atoms with Crippen molar-refractivity contribution < 1.29 is 13.6 Å². The minimum absolute atomic E-state index is 0.599. The van der Waals surface area contributed by atoms with Gasteiger partial charge < -0.3 is 13.6 Å². The quantitative estimate of drug-likeness (QED) is 0.780. The number of halogens is 1. The van der Waals surface area contributed by atoms with E-state index in [9.17, 15) is 0 Å². The molecule has 4 heteroatoms. The largest absolute Gasteiger partial charge is 0.476 e. The van der Waals surface area contributed by atoms with Crippen molar-refractivity contribution in [1.29, 1.82) is 0 Å². The number of alkyl halides is 1. The van der Waals surface area contributed by atoms with E-state index in [2.05, 4.69) is 15.9 Å². The third-order valence-corrected chi connectivity index (χ3v) is 3.39. The molecule has 1 unspecified atom stereocenters. The lowest BCUT2D eigenvalue weighted by Crippen LogP contribution is -2.15. The summed E-state index contributed by atoms with van der Waals surface area (Å²) in [6.07, 6.45) is 7.62. The Labute approximate surface area is 101 Å². The van der Waals surface area contributed by atoms with Crippen LogP contribution in [0.1, 0.15) is 12.2 Å². The third-order valence-electron chi connectivity index (χ3n) is 2.52. The highest BCUT2D eigenvalue weighted by Crippen LogP contribution is 2.45. The Balaban J connectivity index is 2.06. The monoisotopic (exact) mass is 280 g/mol. The first-order valence-electron chi connectivity index (χ1n) is 4.93. The predicted molar refractivity (Wildman–Crippen MR) is 61.9 cm³/mol. The van der Waals surface area contributed by atoms with Crippen molar-refractivity contribution in [2.45, 2.75) is 10.9 Å². The van der Waals surface area contributed by atoms with E-state index in [4.69, 9.17) is 13.6 Å². The van der Waals surface area contributed by atoms with Gasteiger partial charge >= 0.3 is 0 Å². The van der Waals surface area contributed by atoms with Gasteiger partial charge in [0, 0.05) is 6.42 Å². The number of ether oxygens (including phenoxy) is 1. The molecule has 0 saturated heterocycles. The molecule has 2 aromatic rings. The first kappa shape index (κ1) is 9.78. The summed E-state index contributed by atoms with van der Waals surface area (Å²) in [6, 6.07) is 5.62. The van der Waals surface area contributed by atoms with Crippen molar-refractivity contribution in [3.8, 4) is 11.3 Å². The average Bonchev–Trinajstić information content (AvgIpc) is 2.98. The van der Waals surface area contributed by atoms with Gasteiger partial charge in [0.05, 0.1) is 24.4 Å². The standard InChI is InChI=1S/C12H9BrO3/c13-12(5-2-7-16-12)11-9(4-8-15-11)10-3-1-6-14-10/h1-4,6-8H,5H2. The highest BCUT2D eigenvalue weighted by molar-refractivity contribution is 9.09. The Kier molecular flexibility index (Phi) is 2.17. The number of furan rings is 2. The highest BCUT2D eigenvalue weighted by Gasteiger charge is 2.38. The summed E-state index contributed by atoms with van der Waals surface area (Å²) in [5.41, 5.74) is 0.908. The first-order chi connectivity index (χ1) is 7.80. The van der Waals surface area contributed by atoms with Crippen LogP contribution in [-0.2, 0) is 9.25 Å². The lowest BCUT2D eigenvalue weighted by molar-refractivity contribution is 0.119. The molecule has 3 heterocycles. The molecule has 0 aliphatic carbocycles. The van der Waals surface area contributed by atoms with E-state index in [0.29, 0.717) is 0 Å². The molecule has 1 aliphatic heterocycles. The van der Waals surface area contributed by atoms with E-state index < -0.39 is 4.51 Å². The molecule has 3 rings (SSSR count). The zero-order valence-electron chi connectivity index (χ0n) is 8.35. The third kappa shape index (κ3) is 1.41. The summed E-state index contributed by atoms with van der Waals surface area (Å²) in [6.45, 7) is 0. The molecule has 0 fully saturated rings. The second-order valence-electron chi connectivity index (χ2n) is 3.56. The SMILES string of the molecule is BrC1(c2occc2-c2ccco2)CC=CO1. The normalized spacial score (nSPS) is 23.6. The van der Waals surface area contributed by atoms with Crippen LogP contribution < -0.4 is 0 Å². The van der Waals surface area contributed by atoms with Crippen LogP contribution in [0.3, 0.4) is 0 Å². The Bertz CT molecular complexity index is 502. The summed E-state index contributed by atoms with van der Waals surface area (Å²) in [7, 11) is 0. The van der Waals surface area contributed by atoms with Crippen molar-refractivity contribution in [2.75, 3.05) is 0 Å². The molecule has 1 aliphatic rings. The van der Waals surface area contributed by atoms with Crippen molar-refractivity contribution in [1.82, 2.24) is 0 Å². The minimum atomic E-state index is -0.599. The van der Waals surface area contributed by atoms with Gasteiger partial charge in [0.2, 0.25) is 4.51 Å². The molecule has 16 heavy (non-hydrogen) atoms. The van der Waals surface area contributed by atoms with Crippen LogP contribution in [0, 0.1) is 0 Å². The molecule has 0 N–H and O–H groups in total. The van der Waals surface area contributed by atoms with Gasteiger partial charge in [0.25, 0.3) is 0 Å². The molecule has 0 spiro atoms. The number of hydrogen-bond acceptors (Lipinski definition) is 3. The summed E-state index contributed by atoms with van der Waals surface area (Å²) >= 11 is 3.55. The maximum atomic E-state index is 5.52. The molecule has 82 valence electrons. The van der Waals surface area contributed by atoms with Gasteiger partial charge in [0.1, 0.15) is 5.76 Å². The van der Waals surface area contributed by atoms with Crippen LogP contribution in [0.2, 0.25) is 0 Å². The topological polar surface area (TPSA) is 35.5 Å². The Hall–Kier alpha value is -1.42. The predicted octanol–water partition coefficient (Wildman–Crippen LogP) is 4.02. The summed E-state index contributed by atoms with van der Waals surface area (Å²) < 4.78 is 15.8. The summed E-state index contributed by atoms with van der Waals surface area (Å²) in [4.78, 5) is 0. The van der Waals surface area contributed by atoms with E-state index in [1.807, 2.05) is 24.3 Å². The van der Waals surface area contributed by atoms with Gasteiger partial charge in [-0.2, -0.15) is 0 Å². The Morgan fingerprint density at radius 2 is 2.12 bits per heavy atom. The summed E-state index contributed by atoms with van der Waals surface area (Å²) in [5, 5.41) is 0.